The molecule has 0 aliphatic rings. The molecule has 90 valence electrons. The van der Waals surface area contributed by atoms with Crippen molar-refractivity contribution in [3.8, 4) is 0 Å². The summed E-state index contributed by atoms with van der Waals surface area (Å²) in [5, 5.41) is 6.69. The van der Waals surface area contributed by atoms with Gasteiger partial charge in [0.15, 0.2) is 0 Å². The summed E-state index contributed by atoms with van der Waals surface area (Å²) in [6.07, 6.45) is 2.78. The second kappa shape index (κ2) is 5.38. The Balaban J connectivity index is 1.94. The molecule has 0 bridgehead atoms. The van der Waals surface area contributed by atoms with Crippen LogP contribution < -0.4 is 5.32 Å². The number of hydrogen-bond acceptors (Lipinski definition) is 3. The van der Waals surface area contributed by atoms with Crippen molar-refractivity contribution in [2.24, 2.45) is 0 Å². The van der Waals surface area contributed by atoms with Gasteiger partial charge in [-0.25, -0.2) is 8.78 Å². The third-order valence-electron chi connectivity index (χ3n) is 2.17. The molecule has 0 unspecified atom stereocenters. The molecule has 4 nitrogen and oxygen atoms in total. The first kappa shape index (κ1) is 11.5. The lowest BCUT2D eigenvalue weighted by atomic mass is 10.3. The van der Waals surface area contributed by atoms with Crippen LogP contribution in [0.25, 0.3) is 0 Å². The molecule has 2 aromatic rings. The van der Waals surface area contributed by atoms with Crippen LogP contribution in [0.4, 0.5) is 14.6 Å². The number of hydrogen-bond donors (Lipinski definition) is 1. The Hall–Kier alpha value is -1.98. The van der Waals surface area contributed by atoms with Crippen molar-refractivity contribution in [1.82, 2.24) is 14.8 Å². The van der Waals surface area contributed by atoms with Gasteiger partial charge in [-0.1, -0.05) is 0 Å². The zero-order chi connectivity index (χ0) is 12.1. The Kier molecular flexibility index (Phi) is 3.64. The van der Waals surface area contributed by atoms with Crippen LogP contribution in [0.15, 0.2) is 36.8 Å². The van der Waals surface area contributed by atoms with E-state index < -0.39 is 6.43 Å². The average molecular weight is 238 g/mol. The minimum absolute atomic E-state index is 0.383. The van der Waals surface area contributed by atoms with Gasteiger partial charge in [-0.3, -0.25) is 9.67 Å². The Morgan fingerprint density at radius 3 is 2.71 bits per heavy atom. The van der Waals surface area contributed by atoms with Gasteiger partial charge in [0.1, 0.15) is 5.82 Å². The van der Waals surface area contributed by atoms with Crippen molar-refractivity contribution in [3.63, 3.8) is 0 Å². The van der Waals surface area contributed by atoms with Crippen molar-refractivity contribution >= 4 is 5.82 Å². The van der Waals surface area contributed by atoms with E-state index in [1.165, 1.54) is 0 Å². The van der Waals surface area contributed by atoms with Gasteiger partial charge >= 0.3 is 0 Å². The maximum Gasteiger partial charge on any atom is 0.255 e. The average Bonchev–Trinajstić information content (AvgIpc) is 2.75. The second-order valence-electron chi connectivity index (χ2n) is 3.53. The minimum Gasteiger partial charge on any atom is -0.363 e. The summed E-state index contributed by atoms with van der Waals surface area (Å²) < 4.78 is 25.6. The number of halogens is 2. The highest BCUT2D eigenvalue weighted by Gasteiger charge is 2.04. The van der Waals surface area contributed by atoms with Gasteiger partial charge in [-0.15, -0.1) is 0 Å². The summed E-state index contributed by atoms with van der Waals surface area (Å²) >= 11 is 0. The zero-order valence-electron chi connectivity index (χ0n) is 9.05. The standard InChI is InChI=1S/C11H12F2N4/c12-10(13)7-15-11-3-6-17(16-11)8-9-1-4-14-5-2-9/h1-6,10H,7-8H2,(H,15,16). The van der Waals surface area contributed by atoms with E-state index >= 15 is 0 Å². The van der Waals surface area contributed by atoms with Gasteiger partial charge in [-0.2, -0.15) is 5.10 Å². The molecule has 17 heavy (non-hydrogen) atoms. The monoisotopic (exact) mass is 238 g/mol. The van der Waals surface area contributed by atoms with Crippen LogP contribution in [0.3, 0.4) is 0 Å². The van der Waals surface area contributed by atoms with Crippen LogP contribution in [0.2, 0.25) is 0 Å². The second-order valence-corrected chi connectivity index (χ2v) is 3.53. The lowest BCUT2D eigenvalue weighted by Crippen LogP contribution is -2.11. The quantitative estimate of drug-likeness (QED) is 0.866. The number of rotatable bonds is 5. The van der Waals surface area contributed by atoms with Crippen molar-refractivity contribution in [2.45, 2.75) is 13.0 Å². The molecule has 1 N–H and O–H groups in total. The molecule has 0 spiro atoms. The summed E-state index contributed by atoms with van der Waals surface area (Å²) in [4.78, 5) is 3.92. The lowest BCUT2D eigenvalue weighted by Gasteiger charge is -2.02. The van der Waals surface area contributed by atoms with Gasteiger partial charge in [-0.05, 0) is 17.7 Å². The van der Waals surface area contributed by atoms with E-state index in [4.69, 9.17) is 0 Å². The van der Waals surface area contributed by atoms with E-state index in [0.717, 1.165) is 5.56 Å². The molecule has 0 aliphatic carbocycles. The molecular weight excluding hydrogens is 226 g/mol. The minimum atomic E-state index is -2.37. The Morgan fingerprint density at radius 2 is 2.00 bits per heavy atom. The molecule has 0 fully saturated rings. The van der Waals surface area contributed by atoms with Crippen molar-refractivity contribution in [2.75, 3.05) is 11.9 Å². The predicted octanol–water partition coefficient (Wildman–Crippen LogP) is 2.00. The van der Waals surface area contributed by atoms with E-state index in [-0.39, 0.29) is 6.54 Å². The lowest BCUT2D eigenvalue weighted by molar-refractivity contribution is 0.163. The molecule has 0 aromatic carbocycles. The largest absolute Gasteiger partial charge is 0.363 e. The highest BCUT2D eigenvalue weighted by Crippen LogP contribution is 2.06. The molecule has 0 saturated heterocycles. The van der Waals surface area contributed by atoms with E-state index in [9.17, 15) is 8.78 Å². The summed E-state index contributed by atoms with van der Waals surface area (Å²) in [7, 11) is 0. The first-order valence-electron chi connectivity index (χ1n) is 5.18. The highest BCUT2D eigenvalue weighted by molar-refractivity contribution is 5.32. The zero-order valence-corrected chi connectivity index (χ0v) is 9.05. The maximum atomic E-state index is 12.0. The SMILES string of the molecule is FC(F)CNc1ccn(Cc2ccncc2)n1. The number of nitrogens with one attached hydrogen (secondary N) is 1. The van der Waals surface area contributed by atoms with Gasteiger partial charge in [0, 0.05) is 24.7 Å². The predicted molar refractivity (Wildman–Crippen MR) is 60.1 cm³/mol. The highest BCUT2D eigenvalue weighted by atomic mass is 19.3. The smallest absolute Gasteiger partial charge is 0.255 e. The molecule has 2 rings (SSSR count). The van der Waals surface area contributed by atoms with E-state index in [1.54, 1.807) is 29.3 Å². The fraction of sp³-hybridized carbons (Fsp3) is 0.273. The molecule has 0 aliphatic heterocycles. The summed E-state index contributed by atoms with van der Waals surface area (Å²) in [5.74, 6) is 0.458. The number of nitrogens with zero attached hydrogens (tertiary/aromatic N) is 3. The molecule has 0 amide bonds. The summed E-state index contributed by atoms with van der Waals surface area (Å²) in [6.45, 7) is 0.213. The van der Waals surface area contributed by atoms with Crippen LogP contribution in [0.1, 0.15) is 5.56 Å². The number of alkyl halides is 2. The maximum absolute atomic E-state index is 12.0. The van der Waals surface area contributed by atoms with Crippen molar-refractivity contribution < 1.29 is 8.78 Å². The Bertz CT molecular complexity index is 456. The third kappa shape index (κ3) is 3.51. The molecule has 0 radical (unpaired) electrons. The fourth-order valence-electron chi connectivity index (χ4n) is 1.40. The summed E-state index contributed by atoms with van der Waals surface area (Å²) in [6, 6.07) is 5.44. The van der Waals surface area contributed by atoms with E-state index in [1.807, 2.05) is 12.1 Å². The molecule has 0 atom stereocenters. The van der Waals surface area contributed by atoms with Crippen LogP contribution in [-0.2, 0) is 6.54 Å². The first-order chi connectivity index (χ1) is 8.24. The van der Waals surface area contributed by atoms with Gasteiger partial charge < -0.3 is 5.32 Å². The van der Waals surface area contributed by atoms with Gasteiger partial charge in [0.2, 0.25) is 0 Å². The molecule has 0 saturated carbocycles. The molecule has 2 aromatic heterocycles. The van der Waals surface area contributed by atoms with E-state index in [2.05, 4.69) is 15.4 Å². The van der Waals surface area contributed by atoms with Crippen molar-refractivity contribution in [3.05, 3.63) is 42.4 Å². The number of aromatic nitrogens is 3. The first-order valence-corrected chi connectivity index (χ1v) is 5.18. The van der Waals surface area contributed by atoms with Crippen LogP contribution >= 0.6 is 0 Å². The Labute approximate surface area is 97.3 Å². The number of pyridine rings is 1. The normalized spacial score (nSPS) is 10.8. The molecule has 2 heterocycles. The molecular formula is C11H12F2N4. The fourth-order valence-corrected chi connectivity index (χ4v) is 1.40. The van der Waals surface area contributed by atoms with Crippen molar-refractivity contribution in [1.29, 1.82) is 0 Å². The Morgan fingerprint density at radius 1 is 1.24 bits per heavy atom. The van der Waals surface area contributed by atoms with Crippen LogP contribution in [0, 0.1) is 0 Å². The van der Waals surface area contributed by atoms with Crippen LogP contribution in [-0.4, -0.2) is 27.7 Å². The summed E-state index contributed by atoms with van der Waals surface area (Å²) in [5.41, 5.74) is 1.06. The van der Waals surface area contributed by atoms with Crippen LogP contribution in [0.5, 0.6) is 0 Å². The van der Waals surface area contributed by atoms with Gasteiger partial charge in [0.25, 0.3) is 6.43 Å². The number of anilines is 1. The van der Waals surface area contributed by atoms with Gasteiger partial charge in [0.05, 0.1) is 13.1 Å². The third-order valence-corrected chi connectivity index (χ3v) is 2.17. The topological polar surface area (TPSA) is 42.7 Å². The van der Waals surface area contributed by atoms with E-state index in [0.29, 0.717) is 12.4 Å². The molecule has 6 heteroatoms.